The standard InChI is InChI=1S/C26H22F3N3O4S/c1-13-17-10-18(33)24(34)23-25(35)30(14(2)26(27,28)29)12-31(32(17)23)22-16-7-3-4-9-20(16)37-11-15-6-5-8-19(36-13)21(15)22/h3-10,13-14,22,34H,11-12H2,1-2H3/t13?,14-,22-/m1/s1. The number of rotatable bonds is 1. The average Bonchev–Trinajstić information content (AvgIpc) is 3.02. The predicted octanol–water partition coefficient (Wildman–Crippen LogP) is 4.70. The van der Waals surface area contributed by atoms with E-state index in [0.717, 1.165) is 28.5 Å². The third-order valence-electron chi connectivity index (χ3n) is 7.20. The molecular formula is C26H22F3N3O4S. The van der Waals surface area contributed by atoms with Crippen molar-refractivity contribution in [2.75, 3.05) is 11.7 Å². The highest BCUT2D eigenvalue weighted by molar-refractivity contribution is 7.98. The van der Waals surface area contributed by atoms with Crippen LogP contribution >= 0.6 is 11.8 Å². The predicted molar refractivity (Wildman–Crippen MR) is 130 cm³/mol. The Morgan fingerprint density at radius 1 is 1.14 bits per heavy atom. The maximum Gasteiger partial charge on any atom is 0.408 e. The molecule has 192 valence electrons. The van der Waals surface area contributed by atoms with E-state index < -0.39 is 53.8 Å². The number of carbonyl (C=O) groups excluding carboxylic acids is 1. The molecule has 3 atom stereocenters. The molecular weight excluding hydrogens is 507 g/mol. The number of halogens is 3. The Kier molecular flexibility index (Phi) is 5.27. The molecule has 0 saturated carbocycles. The molecule has 2 aromatic carbocycles. The van der Waals surface area contributed by atoms with Crippen LogP contribution in [-0.4, -0.2) is 39.5 Å². The van der Waals surface area contributed by atoms with Crippen molar-refractivity contribution >= 4 is 17.7 Å². The van der Waals surface area contributed by atoms with E-state index in [4.69, 9.17) is 4.74 Å². The molecule has 11 heteroatoms. The van der Waals surface area contributed by atoms with Gasteiger partial charge in [-0.15, -0.1) is 11.8 Å². The molecule has 1 unspecified atom stereocenters. The van der Waals surface area contributed by atoms with Gasteiger partial charge in [0.1, 0.15) is 30.6 Å². The molecule has 1 aromatic heterocycles. The molecule has 7 nitrogen and oxygen atoms in total. The van der Waals surface area contributed by atoms with Gasteiger partial charge in [0.15, 0.2) is 11.4 Å². The van der Waals surface area contributed by atoms with Crippen molar-refractivity contribution < 1.29 is 27.8 Å². The van der Waals surface area contributed by atoms with Crippen molar-refractivity contribution in [3.8, 4) is 11.5 Å². The lowest BCUT2D eigenvalue weighted by atomic mass is 9.92. The van der Waals surface area contributed by atoms with E-state index in [1.54, 1.807) is 29.8 Å². The number of thioether (sulfide) groups is 1. The Balaban J connectivity index is 1.71. The van der Waals surface area contributed by atoms with E-state index in [2.05, 4.69) is 0 Å². The van der Waals surface area contributed by atoms with Crippen molar-refractivity contribution in [1.82, 2.24) is 9.58 Å². The lowest BCUT2D eigenvalue weighted by Gasteiger charge is -2.48. The lowest BCUT2D eigenvalue weighted by Crippen LogP contribution is -2.61. The van der Waals surface area contributed by atoms with Crippen molar-refractivity contribution in [2.24, 2.45) is 0 Å². The second kappa shape index (κ2) is 8.20. The fraction of sp³-hybridized carbons (Fsp3) is 0.308. The molecule has 0 fully saturated rings. The van der Waals surface area contributed by atoms with Crippen LogP contribution in [0.25, 0.3) is 0 Å². The molecule has 0 radical (unpaired) electrons. The summed E-state index contributed by atoms with van der Waals surface area (Å²) in [7, 11) is 0. The highest BCUT2D eigenvalue weighted by Crippen LogP contribution is 2.48. The second-order valence-corrected chi connectivity index (χ2v) is 10.4. The number of hydrogen-bond donors (Lipinski definition) is 1. The summed E-state index contributed by atoms with van der Waals surface area (Å²) in [4.78, 5) is 27.8. The zero-order valence-electron chi connectivity index (χ0n) is 19.8. The Morgan fingerprint density at radius 3 is 2.65 bits per heavy atom. The molecule has 0 saturated heterocycles. The van der Waals surface area contributed by atoms with E-state index in [1.807, 2.05) is 36.4 Å². The number of nitrogens with zero attached hydrogens (tertiary/aromatic N) is 3. The summed E-state index contributed by atoms with van der Waals surface area (Å²) in [6, 6.07) is 11.6. The minimum absolute atomic E-state index is 0.260. The number of hydrogen-bond acceptors (Lipinski definition) is 6. The van der Waals surface area contributed by atoms with Crippen molar-refractivity contribution in [3.05, 3.63) is 86.8 Å². The number of ether oxygens (including phenoxy) is 1. The number of amides is 1. The van der Waals surface area contributed by atoms with Crippen LogP contribution in [-0.2, 0) is 5.75 Å². The van der Waals surface area contributed by atoms with Gasteiger partial charge in [-0.25, -0.2) is 4.68 Å². The third-order valence-corrected chi connectivity index (χ3v) is 8.33. The Bertz CT molecular complexity index is 1510. The molecule has 3 aromatic rings. The summed E-state index contributed by atoms with van der Waals surface area (Å²) in [5, 5.41) is 12.4. The van der Waals surface area contributed by atoms with Crippen molar-refractivity contribution in [1.29, 1.82) is 0 Å². The van der Waals surface area contributed by atoms with Gasteiger partial charge in [-0.05, 0) is 37.1 Å². The van der Waals surface area contributed by atoms with Gasteiger partial charge in [-0.2, -0.15) is 13.2 Å². The van der Waals surface area contributed by atoms with Gasteiger partial charge in [-0.1, -0.05) is 30.3 Å². The van der Waals surface area contributed by atoms with E-state index in [1.165, 1.54) is 10.7 Å². The molecule has 6 rings (SSSR count). The fourth-order valence-electron chi connectivity index (χ4n) is 5.30. The van der Waals surface area contributed by atoms with Gasteiger partial charge in [0.2, 0.25) is 5.43 Å². The summed E-state index contributed by atoms with van der Waals surface area (Å²) in [5.74, 6) is -0.808. The third kappa shape index (κ3) is 3.51. The normalized spacial score (nSPS) is 21.1. The molecule has 3 aliphatic heterocycles. The highest BCUT2D eigenvalue weighted by Gasteiger charge is 2.49. The van der Waals surface area contributed by atoms with Gasteiger partial charge < -0.3 is 14.7 Å². The molecule has 4 heterocycles. The summed E-state index contributed by atoms with van der Waals surface area (Å²) in [6.45, 7) is 2.18. The Labute approximate surface area is 214 Å². The van der Waals surface area contributed by atoms with Gasteiger partial charge in [-0.3, -0.25) is 14.6 Å². The smallest absolute Gasteiger partial charge is 0.408 e. The van der Waals surface area contributed by atoms with Crippen LogP contribution in [0, 0.1) is 0 Å². The zero-order chi connectivity index (χ0) is 26.2. The zero-order valence-corrected chi connectivity index (χ0v) is 20.6. The minimum atomic E-state index is -4.72. The van der Waals surface area contributed by atoms with E-state index in [9.17, 15) is 27.9 Å². The van der Waals surface area contributed by atoms with Crippen LogP contribution in [0.5, 0.6) is 11.5 Å². The average molecular weight is 530 g/mol. The first-order valence-corrected chi connectivity index (χ1v) is 12.7. The molecule has 3 aliphatic rings. The maximum atomic E-state index is 13.9. The maximum absolute atomic E-state index is 13.9. The van der Waals surface area contributed by atoms with Crippen LogP contribution in [0.1, 0.15) is 58.9 Å². The van der Waals surface area contributed by atoms with Crippen molar-refractivity contribution in [2.45, 2.75) is 48.9 Å². The molecule has 1 N–H and O–H groups in total. The Hall–Kier alpha value is -3.60. The van der Waals surface area contributed by atoms with Gasteiger partial charge in [0.05, 0.1) is 5.69 Å². The Morgan fingerprint density at radius 2 is 1.89 bits per heavy atom. The number of fused-ring (bicyclic) bond motifs is 3. The first kappa shape index (κ1) is 23.8. The molecule has 0 spiro atoms. The van der Waals surface area contributed by atoms with E-state index in [-0.39, 0.29) is 5.69 Å². The molecule has 1 amide bonds. The number of benzene rings is 2. The van der Waals surface area contributed by atoms with Crippen LogP contribution < -0.4 is 15.2 Å². The topological polar surface area (TPSA) is 75.0 Å². The molecule has 0 aliphatic carbocycles. The monoisotopic (exact) mass is 529 g/mol. The summed E-state index contributed by atoms with van der Waals surface area (Å²) >= 11 is 1.60. The first-order valence-electron chi connectivity index (χ1n) is 11.7. The van der Waals surface area contributed by atoms with Gasteiger partial charge in [0.25, 0.3) is 5.91 Å². The van der Waals surface area contributed by atoms with Crippen LogP contribution in [0.15, 0.2) is 58.2 Å². The number of aromatic nitrogens is 1. The van der Waals surface area contributed by atoms with E-state index >= 15 is 0 Å². The number of carbonyl (C=O) groups is 1. The molecule has 37 heavy (non-hydrogen) atoms. The number of aromatic hydroxyl groups is 1. The van der Waals surface area contributed by atoms with Crippen LogP contribution in [0.4, 0.5) is 13.2 Å². The SMILES string of the molecule is CC1Oc2cccc3c2[C@@H](c2ccccc2SC3)N2CN([C@H](C)C(F)(F)F)C(=O)c3c(O)c(=O)cc1n32. The minimum Gasteiger partial charge on any atom is -0.502 e. The van der Waals surface area contributed by atoms with Crippen LogP contribution in [0.2, 0.25) is 0 Å². The van der Waals surface area contributed by atoms with Gasteiger partial charge >= 0.3 is 6.18 Å². The van der Waals surface area contributed by atoms with Gasteiger partial charge in [0, 0.05) is 22.3 Å². The summed E-state index contributed by atoms with van der Waals surface area (Å²) in [5.41, 5.74) is 1.43. The number of pyridine rings is 1. The quantitative estimate of drug-likeness (QED) is 0.493. The largest absolute Gasteiger partial charge is 0.502 e. The first-order chi connectivity index (χ1) is 17.6. The molecule has 0 bridgehead atoms. The highest BCUT2D eigenvalue weighted by atomic mass is 32.2. The summed E-state index contributed by atoms with van der Waals surface area (Å²) < 4.78 is 49.5. The summed E-state index contributed by atoms with van der Waals surface area (Å²) in [6.07, 6.45) is -5.46. The lowest BCUT2D eigenvalue weighted by molar-refractivity contribution is -0.173. The second-order valence-electron chi connectivity index (χ2n) is 9.33. The van der Waals surface area contributed by atoms with Crippen molar-refractivity contribution in [3.63, 3.8) is 0 Å². The number of alkyl halides is 3. The van der Waals surface area contributed by atoms with Crippen LogP contribution in [0.3, 0.4) is 0 Å². The van der Waals surface area contributed by atoms with E-state index in [0.29, 0.717) is 16.4 Å². The fourth-order valence-corrected chi connectivity index (χ4v) is 6.38.